The molecule has 9 nitrogen and oxygen atoms in total. The summed E-state index contributed by atoms with van der Waals surface area (Å²) in [6.45, 7) is 6.81. The van der Waals surface area contributed by atoms with Crippen LogP contribution in [-0.2, 0) is 11.3 Å². The fourth-order valence-electron chi connectivity index (χ4n) is 4.09. The Hall–Kier alpha value is -3.93. The van der Waals surface area contributed by atoms with Gasteiger partial charge in [0.1, 0.15) is 5.60 Å². The Morgan fingerprint density at radius 1 is 1.18 bits per heavy atom. The third-order valence-corrected chi connectivity index (χ3v) is 6.86. The predicted octanol–water partition coefficient (Wildman–Crippen LogP) is 5.52. The van der Waals surface area contributed by atoms with Crippen molar-refractivity contribution in [2.24, 2.45) is 0 Å². The first-order chi connectivity index (χ1) is 18.1. The van der Waals surface area contributed by atoms with Gasteiger partial charge in [0.15, 0.2) is 0 Å². The summed E-state index contributed by atoms with van der Waals surface area (Å²) in [5.41, 5.74) is 3.41. The molecule has 0 saturated carbocycles. The molecule has 1 aromatic carbocycles. The van der Waals surface area contributed by atoms with Gasteiger partial charge in [-0.05, 0) is 62.6 Å². The van der Waals surface area contributed by atoms with Crippen molar-refractivity contribution in [2.75, 3.05) is 13.1 Å². The van der Waals surface area contributed by atoms with Crippen molar-refractivity contribution in [2.45, 2.75) is 45.8 Å². The molecule has 38 heavy (non-hydrogen) atoms. The second-order valence-electron chi connectivity index (χ2n) is 9.83. The van der Waals surface area contributed by atoms with Crippen molar-refractivity contribution >= 4 is 33.2 Å². The van der Waals surface area contributed by atoms with E-state index in [-0.39, 0.29) is 23.4 Å². The number of carbonyl (C=O) groups is 1. The highest BCUT2D eigenvalue weighted by molar-refractivity contribution is 7.16. The first kappa shape index (κ1) is 25.7. The minimum atomic E-state index is -2.84. The SMILES string of the molecule is CC(C)(C)OC(=O)N1CC=C(c2ccc3c(c2)sc(=O)n3Cc2ccc(-c3nnc(C(F)F)o3)cn2)CC1. The van der Waals surface area contributed by atoms with Crippen molar-refractivity contribution in [1.29, 1.82) is 0 Å². The number of thiazole rings is 1. The molecule has 0 atom stereocenters. The highest BCUT2D eigenvalue weighted by Crippen LogP contribution is 2.28. The standard InChI is InChI=1S/C26H25F2N5O4S/c1-26(2,3)37-24(34)32-10-8-15(9-11-32)16-5-7-19-20(12-16)38-25(35)33(19)14-18-6-4-17(13-29-18)22-30-31-23(36-22)21(27)28/h4-8,12-13,21H,9-11,14H2,1-3H3. The number of fused-ring (bicyclic) bond motifs is 1. The summed E-state index contributed by atoms with van der Waals surface area (Å²) in [5.74, 6) is -0.791. The van der Waals surface area contributed by atoms with E-state index in [0.717, 1.165) is 32.7 Å². The maximum atomic E-state index is 12.8. The highest BCUT2D eigenvalue weighted by Gasteiger charge is 2.24. The van der Waals surface area contributed by atoms with E-state index in [4.69, 9.17) is 9.15 Å². The fourth-order valence-corrected chi connectivity index (χ4v) is 5.02. The van der Waals surface area contributed by atoms with Gasteiger partial charge in [-0.25, -0.2) is 4.79 Å². The second-order valence-corrected chi connectivity index (χ2v) is 10.8. The molecule has 3 aromatic heterocycles. The number of pyridine rings is 1. The van der Waals surface area contributed by atoms with Crippen LogP contribution in [0.4, 0.5) is 13.6 Å². The highest BCUT2D eigenvalue weighted by atomic mass is 32.1. The van der Waals surface area contributed by atoms with E-state index in [9.17, 15) is 18.4 Å². The Labute approximate surface area is 220 Å². The molecule has 1 aliphatic rings. The topological polar surface area (TPSA) is 103 Å². The van der Waals surface area contributed by atoms with Crippen LogP contribution in [0.25, 0.3) is 27.2 Å². The van der Waals surface area contributed by atoms with E-state index < -0.39 is 17.9 Å². The van der Waals surface area contributed by atoms with E-state index in [0.29, 0.717) is 30.8 Å². The number of halogens is 2. The molecule has 0 spiro atoms. The molecule has 1 aliphatic heterocycles. The number of aromatic nitrogens is 4. The van der Waals surface area contributed by atoms with Crippen LogP contribution in [-0.4, -0.2) is 49.4 Å². The second kappa shape index (κ2) is 10.1. The summed E-state index contributed by atoms with van der Waals surface area (Å²) in [7, 11) is 0. The average Bonchev–Trinajstić information content (AvgIpc) is 3.49. The Balaban J connectivity index is 1.31. The molecular weight excluding hydrogens is 516 g/mol. The third-order valence-electron chi connectivity index (χ3n) is 5.92. The van der Waals surface area contributed by atoms with Gasteiger partial charge < -0.3 is 14.1 Å². The van der Waals surface area contributed by atoms with E-state index >= 15 is 0 Å². The minimum absolute atomic E-state index is 0.0451. The number of ether oxygens (including phenoxy) is 1. The minimum Gasteiger partial charge on any atom is -0.444 e. The molecule has 4 aromatic rings. The van der Waals surface area contributed by atoms with E-state index in [1.165, 1.54) is 6.20 Å². The maximum Gasteiger partial charge on any atom is 0.410 e. The summed E-state index contributed by atoms with van der Waals surface area (Å²) in [6, 6.07) is 9.22. The average molecular weight is 542 g/mol. The predicted molar refractivity (Wildman–Crippen MR) is 138 cm³/mol. The molecule has 0 saturated heterocycles. The molecule has 0 radical (unpaired) electrons. The van der Waals surface area contributed by atoms with Gasteiger partial charge in [0, 0.05) is 19.3 Å². The van der Waals surface area contributed by atoms with Gasteiger partial charge in [0.2, 0.25) is 5.89 Å². The first-order valence-corrected chi connectivity index (χ1v) is 12.8. The Bertz CT molecular complexity index is 1570. The van der Waals surface area contributed by atoms with E-state index in [1.807, 2.05) is 45.0 Å². The molecule has 0 N–H and O–H groups in total. The van der Waals surface area contributed by atoms with Crippen LogP contribution < -0.4 is 4.87 Å². The lowest BCUT2D eigenvalue weighted by Crippen LogP contribution is -2.39. The van der Waals surface area contributed by atoms with Crippen LogP contribution in [0.15, 0.2) is 51.8 Å². The molecule has 4 heterocycles. The first-order valence-electron chi connectivity index (χ1n) is 11.9. The van der Waals surface area contributed by atoms with Crippen molar-refractivity contribution in [3.05, 3.63) is 69.4 Å². The molecule has 0 aliphatic carbocycles. The number of benzene rings is 1. The molecule has 0 fully saturated rings. The van der Waals surface area contributed by atoms with Crippen molar-refractivity contribution in [3.8, 4) is 11.5 Å². The van der Waals surface area contributed by atoms with Crippen molar-refractivity contribution in [3.63, 3.8) is 0 Å². The molecule has 198 valence electrons. The van der Waals surface area contributed by atoms with E-state index in [2.05, 4.69) is 15.2 Å². The Morgan fingerprint density at radius 3 is 2.61 bits per heavy atom. The van der Waals surface area contributed by atoms with Gasteiger partial charge in [-0.15, -0.1) is 10.2 Å². The quantitative estimate of drug-likeness (QED) is 0.328. The fraction of sp³-hybridized carbons (Fsp3) is 0.346. The monoisotopic (exact) mass is 541 g/mol. The van der Waals surface area contributed by atoms with Gasteiger partial charge in [0.25, 0.3) is 5.89 Å². The van der Waals surface area contributed by atoms with Crippen molar-refractivity contribution in [1.82, 2.24) is 24.6 Å². The van der Waals surface area contributed by atoms with Crippen LogP contribution in [0.2, 0.25) is 0 Å². The lowest BCUT2D eigenvalue weighted by atomic mass is 9.99. The maximum absolute atomic E-state index is 12.8. The Kier molecular flexibility index (Phi) is 6.82. The zero-order valence-electron chi connectivity index (χ0n) is 21.0. The number of amides is 1. The third kappa shape index (κ3) is 5.49. The van der Waals surface area contributed by atoms with Crippen LogP contribution in [0, 0.1) is 0 Å². The molecule has 0 bridgehead atoms. The van der Waals surface area contributed by atoms with Gasteiger partial charge in [-0.1, -0.05) is 23.5 Å². The van der Waals surface area contributed by atoms with Crippen molar-refractivity contribution < 1.29 is 22.7 Å². The summed E-state index contributed by atoms with van der Waals surface area (Å²) in [5, 5.41) is 6.94. The van der Waals surface area contributed by atoms with Crippen LogP contribution in [0.1, 0.15) is 50.8 Å². The molecule has 1 amide bonds. The van der Waals surface area contributed by atoms with Gasteiger partial charge in [-0.2, -0.15) is 8.78 Å². The number of hydrogen-bond acceptors (Lipinski definition) is 8. The largest absolute Gasteiger partial charge is 0.444 e. The lowest BCUT2D eigenvalue weighted by molar-refractivity contribution is 0.0270. The molecule has 5 rings (SSSR count). The normalized spacial score (nSPS) is 14.3. The lowest BCUT2D eigenvalue weighted by Gasteiger charge is -2.29. The summed E-state index contributed by atoms with van der Waals surface area (Å²) >= 11 is 1.16. The van der Waals surface area contributed by atoms with Gasteiger partial charge in [-0.3, -0.25) is 14.3 Å². The zero-order chi connectivity index (χ0) is 27.0. The van der Waals surface area contributed by atoms with Crippen LogP contribution in [0.3, 0.4) is 0 Å². The number of rotatable bonds is 5. The number of carbonyl (C=O) groups excluding carboxylic acids is 1. The van der Waals surface area contributed by atoms with Gasteiger partial charge in [0.05, 0.1) is 28.0 Å². The number of nitrogens with zero attached hydrogens (tertiary/aromatic N) is 5. The number of hydrogen-bond donors (Lipinski definition) is 0. The molecule has 0 unspecified atom stereocenters. The van der Waals surface area contributed by atoms with Gasteiger partial charge >= 0.3 is 17.4 Å². The number of alkyl halides is 2. The summed E-state index contributed by atoms with van der Waals surface area (Å²) < 4.78 is 38.3. The molecule has 12 heteroatoms. The summed E-state index contributed by atoms with van der Waals surface area (Å²) in [4.78, 5) is 31.0. The molecular formula is C26H25F2N5O4S. The summed E-state index contributed by atoms with van der Waals surface area (Å²) in [6.07, 6.45) is 0.994. The van der Waals surface area contributed by atoms with Crippen LogP contribution in [0.5, 0.6) is 0 Å². The Morgan fingerprint density at radius 2 is 1.97 bits per heavy atom. The van der Waals surface area contributed by atoms with Crippen LogP contribution >= 0.6 is 11.3 Å². The van der Waals surface area contributed by atoms with E-state index in [1.54, 1.807) is 21.6 Å². The zero-order valence-corrected chi connectivity index (χ0v) is 21.8. The smallest absolute Gasteiger partial charge is 0.410 e.